The molecule has 2 amide bonds. The van der Waals surface area contributed by atoms with Gasteiger partial charge < -0.3 is 15.0 Å². The lowest BCUT2D eigenvalue weighted by molar-refractivity contribution is 0.223. The van der Waals surface area contributed by atoms with Gasteiger partial charge in [-0.25, -0.2) is 9.78 Å². The fourth-order valence-electron chi connectivity index (χ4n) is 3.82. The van der Waals surface area contributed by atoms with E-state index in [4.69, 9.17) is 4.74 Å². The van der Waals surface area contributed by atoms with Crippen molar-refractivity contribution in [1.29, 1.82) is 0 Å². The van der Waals surface area contributed by atoms with Crippen LogP contribution in [0.5, 0.6) is 5.75 Å². The SMILES string of the molecule is CCN(CC)CCOc1ccc(Nc2ncc3c(n2)N(C)C(=O)N(c2ccccc2Br)C3)cc1. The summed E-state index contributed by atoms with van der Waals surface area (Å²) in [7, 11) is 1.73. The van der Waals surface area contributed by atoms with Crippen LogP contribution in [0.4, 0.5) is 27.9 Å². The Labute approximate surface area is 208 Å². The van der Waals surface area contributed by atoms with Crippen LogP contribution in [0.1, 0.15) is 19.4 Å². The summed E-state index contributed by atoms with van der Waals surface area (Å²) in [4.78, 5) is 27.7. The van der Waals surface area contributed by atoms with Gasteiger partial charge in [0.15, 0.2) is 0 Å². The minimum absolute atomic E-state index is 0.143. The van der Waals surface area contributed by atoms with Gasteiger partial charge in [-0.05, 0) is 65.4 Å². The van der Waals surface area contributed by atoms with Crippen LogP contribution in [0.3, 0.4) is 0 Å². The molecule has 8 nitrogen and oxygen atoms in total. The first-order chi connectivity index (χ1) is 16.5. The molecular formula is C25H29BrN6O2. The van der Waals surface area contributed by atoms with Crippen molar-refractivity contribution in [2.45, 2.75) is 20.4 Å². The van der Waals surface area contributed by atoms with Gasteiger partial charge in [0, 0.05) is 35.5 Å². The second-order valence-electron chi connectivity index (χ2n) is 7.95. The molecule has 0 saturated heterocycles. The molecule has 3 aromatic rings. The molecule has 2 heterocycles. The van der Waals surface area contributed by atoms with Gasteiger partial charge in [-0.3, -0.25) is 9.80 Å². The Morgan fingerprint density at radius 2 is 1.85 bits per heavy atom. The van der Waals surface area contributed by atoms with Crippen LogP contribution in [-0.4, -0.2) is 54.2 Å². The van der Waals surface area contributed by atoms with E-state index in [1.165, 1.54) is 0 Å². The molecule has 2 aromatic carbocycles. The highest BCUT2D eigenvalue weighted by molar-refractivity contribution is 9.10. The van der Waals surface area contributed by atoms with Crippen LogP contribution < -0.4 is 19.9 Å². The Bertz CT molecular complexity index is 1140. The third kappa shape index (κ3) is 5.31. The topological polar surface area (TPSA) is 73.8 Å². The van der Waals surface area contributed by atoms with Crippen molar-refractivity contribution < 1.29 is 9.53 Å². The number of likely N-dealkylation sites (N-methyl/N-ethyl adjacent to an activating group) is 1. The third-order valence-electron chi connectivity index (χ3n) is 5.83. The quantitative estimate of drug-likeness (QED) is 0.410. The molecule has 0 spiro atoms. The van der Waals surface area contributed by atoms with E-state index in [0.29, 0.717) is 24.9 Å². The number of hydrogen-bond donors (Lipinski definition) is 1. The van der Waals surface area contributed by atoms with E-state index in [1.54, 1.807) is 23.0 Å². The third-order valence-corrected chi connectivity index (χ3v) is 6.50. The number of benzene rings is 2. The molecule has 9 heteroatoms. The Kier molecular flexibility index (Phi) is 7.64. The van der Waals surface area contributed by atoms with Gasteiger partial charge in [-0.15, -0.1) is 0 Å². The number of ether oxygens (including phenoxy) is 1. The summed E-state index contributed by atoms with van der Waals surface area (Å²) in [6.45, 7) is 8.30. The zero-order chi connectivity index (χ0) is 24.1. The summed E-state index contributed by atoms with van der Waals surface area (Å²) < 4.78 is 6.71. The average Bonchev–Trinajstić information content (AvgIpc) is 2.86. The molecule has 0 bridgehead atoms. The zero-order valence-corrected chi connectivity index (χ0v) is 21.2. The molecule has 0 aliphatic carbocycles. The van der Waals surface area contributed by atoms with E-state index in [1.807, 2.05) is 48.5 Å². The molecule has 178 valence electrons. The van der Waals surface area contributed by atoms with E-state index >= 15 is 0 Å². The first kappa shape index (κ1) is 24.0. The molecule has 34 heavy (non-hydrogen) atoms. The predicted molar refractivity (Wildman–Crippen MR) is 139 cm³/mol. The van der Waals surface area contributed by atoms with Gasteiger partial charge >= 0.3 is 6.03 Å². The van der Waals surface area contributed by atoms with Gasteiger partial charge in [0.1, 0.15) is 18.2 Å². The van der Waals surface area contributed by atoms with E-state index < -0.39 is 0 Å². The van der Waals surface area contributed by atoms with Gasteiger partial charge in [0.05, 0.1) is 12.2 Å². The number of rotatable bonds is 9. The molecule has 0 radical (unpaired) electrons. The summed E-state index contributed by atoms with van der Waals surface area (Å²) >= 11 is 3.53. The van der Waals surface area contributed by atoms with Crippen LogP contribution in [0, 0.1) is 0 Å². The van der Waals surface area contributed by atoms with Crippen molar-refractivity contribution >= 4 is 45.1 Å². The van der Waals surface area contributed by atoms with Crippen LogP contribution in [-0.2, 0) is 6.54 Å². The monoisotopic (exact) mass is 524 g/mol. The van der Waals surface area contributed by atoms with Crippen LogP contribution >= 0.6 is 15.9 Å². The molecular weight excluding hydrogens is 496 g/mol. The van der Waals surface area contributed by atoms with Crippen LogP contribution in [0.15, 0.2) is 59.2 Å². The van der Waals surface area contributed by atoms with Crippen molar-refractivity contribution in [1.82, 2.24) is 14.9 Å². The van der Waals surface area contributed by atoms with Crippen LogP contribution in [0.2, 0.25) is 0 Å². The number of nitrogens with zero attached hydrogens (tertiary/aromatic N) is 5. The number of nitrogens with one attached hydrogen (secondary N) is 1. The molecule has 0 unspecified atom stereocenters. The van der Waals surface area contributed by atoms with E-state index in [-0.39, 0.29) is 6.03 Å². The van der Waals surface area contributed by atoms with Crippen LogP contribution in [0.25, 0.3) is 0 Å². The summed E-state index contributed by atoms with van der Waals surface area (Å²) in [5.41, 5.74) is 2.53. The molecule has 0 fully saturated rings. The van der Waals surface area contributed by atoms with Crippen molar-refractivity contribution in [3.8, 4) is 5.75 Å². The lowest BCUT2D eigenvalue weighted by Crippen LogP contribution is -2.46. The minimum Gasteiger partial charge on any atom is -0.492 e. The highest BCUT2D eigenvalue weighted by Crippen LogP contribution is 2.34. The second kappa shape index (κ2) is 10.8. The Balaban J connectivity index is 1.43. The molecule has 0 atom stereocenters. The molecule has 1 N–H and O–H groups in total. The number of fused-ring (bicyclic) bond motifs is 1. The van der Waals surface area contributed by atoms with Crippen molar-refractivity contribution in [2.75, 3.05) is 48.4 Å². The fourth-order valence-corrected chi connectivity index (χ4v) is 4.32. The summed E-state index contributed by atoms with van der Waals surface area (Å²) in [5.74, 6) is 1.85. The maximum atomic E-state index is 13.0. The van der Waals surface area contributed by atoms with Crippen molar-refractivity contribution in [2.24, 2.45) is 0 Å². The normalized spacial score (nSPS) is 13.3. The molecule has 0 saturated carbocycles. The summed E-state index contributed by atoms with van der Waals surface area (Å²) in [5, 5.41) is 3.22. The highest BCUT2D eigenvalue weighted by atomic mass is 79.9. The fraction of sp³-hybridized carbons (Fsp3) is 0.320. The molecule has 4 rings (SSSR count). The second-order valence-corrected chi connectivity index (χ2v) is 8.80. The number of anilines is 4. The van der Waals surface area contributed by atoms with Gasteiger partial charge in [-0.1, -0.05) is 26.0 Å². The van der Waals surface area contributed by atoms with Gasteiger partial charge in [0.25, 0.3) is 0 Å². The maximum Gasteiger partial charge on any atom is 0.330 e. The van der Waals surface area contributed by atoms with Crippen molar-refractivity contribution in [3.63, 3.8) is 0 Å². The number of hydrogen-bond acceptors (Lipinski definition) is 6. The average molecular weight is 525 g/mol. The predicted octanol–water partition coefficient (Wildman–Crippen LogP) is 5.28. The summed E-state index contributed by atoms with van der Waals surface area (Å²) in [6.07, 6.45) is 1.77. The van der Waals surface area contributed by atoms with Gasteiger partial charge in [0.2, 0.25) is 5.95 Å². The molecule has 1 aliphatic heterocycles. The largest absolute Gasteiger partial charge is 0.492 e. The van der Waals surface area contributed by atoms with E-state index in [2.05, 4.69) is 50.0 Å². The zero-order valence-electron chi connectivity index (χ0n) is 19.7. The Hall–Kier alpha value is -3.17. The molecule has 1 aliphatic rings. The standard InChI is InChI=1S/C25H29BrN6O2/c1-4-31(5-2)14-15-34-20-12-10-19(11-13-20)28-24-27-16-18-17-32(22-9-7-6-8-21(22)26)25(33)30(3)23(18)29-24/h6-13,16H,4-5,14-15,17H2,1-3H3,(H,27,28,29). The number of para-hydroxylation sites is 1. The Morgan fingerprint density at radius 3 is 2.56 bits per heavy atom. The molecule has 1 aromatic heterocycles. The number of halogens is 1. The van der Waals surface area contributed by atoms with Gasteiger partial charge in [-0.2, -0.15) is 4.98 Å². The maximum absolute atomic E-state index is 13.0. The summed E-state index contributed by atoms with van der Waals surface area (Å²) in [6, 6.07) is 15.2. The number of urea groups is 1. The highest BCUT2D eigenvalue weighted by Gasteiger charge is 2.31. The lowest BCUT2D eigenvalue weighted by atomic mass is 10.2. The smallest absolute Gasteiger partial charge is 0.330 e. The number of amides is 2. The van der Waals surface area contributed by atoms with E-state index in [0.717, 1.165) is 46.8 Å². The minimum atomic E-state index is -0.143. The lowest BCUT2D eigenvalue weighted by Gasteiger charge is -2.34. The van der Waals surface area contributed by atoms with E-state index in [9.17, 15) is 4.79 Å². The van der Waals surface area contributed by atoms with Crippen molar-refractivity contribution in [3.05, 3.63) is 64.8 Å². The number of carbonyl (C=O) groups excluding carboxylic acids is 1. The number of carbonyl (C=O) groups is 1. The first-order valence-corrected chi connectivity index (χ1v) is 12.2. The Morgan fingerprint density at radius 1 is 1.12 bits per heavy atom. The number of aromatic nitrogens is 2. The first-order valence-electron chi connectivity index (χ1n) is 11.4.